The maximum Gasteiger partial charge on any atom is 0.265 e. The highest BCUT2D eigenvalue weighted by Crippen LogP contribution is 2.31. The first kappa shape index (κ1) is 19.5. The first-order chi connectivity index (χ1) is 15.1. The smallest absolute Gasteiger partial charge is 0.265 e. The van der Waals surface area contributed by atoms with Crippen molar-refractivity contribution in [3.05, 3.63) is 76.8 Å². The molecule has 4 aromatic rings. The Balaban J connectivity index is 1.30. The Morgan fingerprint density at radius 2 is 1.71 bits per heavy atom. The fourth-order valence-corrected chi connectivity index (χ4v) is 4.56. The average Bonchev–Trinajstić information content (AvgIpc) is 3.46. The fourth-order valence-electron chi connectivity index (χ4n) is 3.51. The van der Waals surface area contributed by atoms with Gasteiger partial charge >= 0.3 is 0 Å². The number of aromatic nitrogens is 2. The third kappa shape index (κ3) is 4.22. The Morgan fingerprint density at radius 1 is 1.03 bits per heavy atom. The number of fused-ring (bicyclic) bond motifs is 1. The molecule has 0 spiro atoms. The van der Waals surface area contributed by atoms with Crippen LogP contribution in [-0.2, 0) is 11.3 Å². The minimum absolute atomic E-state index is 0.0713. The number of anilines is 2. The first-order valence-electron chi connectivity index (χ1n) is 10.3. The van der Waals surface area contributed by atoms with Gasteiger partial charge in [0.05, 0.1) is 17.1 Å². The van der Waals surface area contributed by atoms with Crippen LogP contribution < -0.4 is 10.6 Å². The number of aryl methyl sites for hydroxylation is 1. The van der Waals surface area contributed by atoms with Crippen LogP contribution in [-0.4, -0.2) is 21.6 Å². The van der Waals surface area contributed by atoms with Crippen LogP contribution in [0.1, 0.15) is 33.8 Å². The molecule has 0 atom stereocenters. The highest BCUT2D eigenvalue weighted by molar-refractivity contribution is 7.20. The molecule has 7 heteroatoms. The van der Waals surface area contributed by atoms with E-state index < -0.39 is 0 Å². The highest BCUT2D eigenvalue weighted by atomic mass is 32.1. The summed E-state index contributed by atoms with van der Waals surface area (Å²) in [6.07, 6.45) is 1.94. The van der Waals surface area contributed by atoms with Crippen LogP contribution in [0.4, 0.5) is 11.4 Å². The number of amides is 2. The summed E-state index contributed by atoms with van der Waals surface area (Å²) in [5.41, 5.74) is 3.51. The summed E-state index contributed by atoms with van der Waals surface area (Å²) >= 11 is 1.44. The molecule has 2 amide bonds. The monoisotopic (exact) mass is 430 g/mol. The summed E-state index contributed by atoms with van der Waals surface area (Å²) < 4.78 is 1.96. The maximum atomic E-state index is 12.8. The Morgan fingerprint density at radius 3 is 2.39 bits per heavy atom. The van der Waals surface area contributed by atoms with Crippen molar-refractivity contribution in [1.29, 1.82) is 0 Å². The molecule has 31 heavy (non-hydrogen) atoms. The van der Waals surface area contributed by atoms with Crippen LogP contribution in [0.5, 0.6) is 0 Å². The number of carbonyl (C=O) groups is 2. The zero-order valence-corrected chi connectivity index (χ0v) is 17.9. The normalized spacial score (nSPS) is 13.3. The lowest BCUT2D eigenvalue weighted by Crippen LogP contribution is -2.13. The zero-order valence-electron chi connectivity index (χ0n) is 17.1. The molecule has 156 valence electrons. The first-order valence-corrected chi connectivity index (χ1v) is 11.1. The maximum absolute atomic E-state index is 12.8. The van der Waals surface area contributed by atoms with E-state index in [9.17, 15) is 9.59 Å². The van der Waals surface area contributed by atoms with Crippen LogP contribution in [0.3, 0.4) is 0 Å². The lowest BCUT2D eigenvalue weighted by atomic mass is 10.2. The second-order valence-electron chi connectivity index (χ2n) is 7.85. The summed E-state index contributed by atoms with van der Waals surface area (Å²) in [5, 5.41) is 11.5. The zero-order chi connectivity index (χ0) is 21.4. The van der Waals surface area contributed by atoms with E-state index in [1.807, 2.05) is 48.0 Å². The van der Waals surface area contributed by atoms with Crippen molar-refractivity contribution in [2.45, 2.75) is 26.3 Å². The molecule has 1 fully saturated rings. The minimum atomic E-state index is -0.151. The topological polar surface area (TPSA) is 76.0 Å². The number of benzene rings is 2. The van der Waals surface area contributed by atoms with Gasteiger partial charge in [0.15, 0.2) is 0 Å². The SMILES string of the molecule is Cc1nn(Cc2ccccc2)c2sc(C(=O)Nc3ccc(NC(=O)C4CC4)cc3)cc12. The molecule has 2 aromatic carbocycles. The van der Waals surface area contributed by atoms with E-state index in [1.165, 1.54) is 16.9 Å². The van der Waals surface area contributed by atoms with E-state index in [-0.39, 0.29) is 17.7 Å². The third-order valence-corrected chi connectivity index (χ3v) is 6.51. The van der Waals surface area contributed by atoms with Gasteiger partial charge in [0.25, 0.3) is 5.91 Å². The van der Waals surface area contributed by atoms with Crippen LogP contribution >= 0.6 is 11.3 Å². The molecule has 6 nitrogen and oxygen atoms in total. The molecule has 2 aromatic heterocycles. The van der Waals surface area contributed by atoms with Gasteiger partial charge in [-0.25, -0.2) is 0 Å². The van der Waals surface area contributed by atoms with Crippen molar-refractivity contribution in [3.8, 4) is 0 Å². The molecule has 0 saturated heterocycles. The van der Waals surface area contributed by atoms with Crippen molar-refractivity contribution in [1.82, 2.24) is 9.78 Å². The number of rotatable bonds is 6. The van der Waals surface area contributed by atoms with Gasteiger partial charge in [0.1, 0.15) is 4.83 Å². The van der Waals surface area contributed by atoms with Gasteiger partial charge in [0.2, 0.25) is 5.91 Å². The van der Waals surface area contributed by atoms with Gasteiger partial charge in [-0.05, 0) is 55.7 Å². The lowest BCUT2D eigenvalue weighted by molar-refractivity contribution is -0.117. The lowest BCUT2D eigenvalue weighted by Gasteiger charge is -2.07. The number of hydrogen-bond donors (Lipinski definition) is 2. The van der Waals surface area contributed by atoms with E-state index in [0.717, 1.165) is 34.4 Å². The van der Waals surface area contributed by atoms with Gasteiger partial charge in [-0.3, -0.25) is 14.3 Å². The van der Waals surface area contributed by atoms with E-state index >= 15 is 0 Å². The van der Waals surface area contributed by atoms with Gasteiger partial charge in [0, 0.05) is 22.7 Å². The number of carbonyl (C=O) groups excluding carboxylic acids is 2. The van der Waals surface area contributed by atoms with Crippen LogP contribution in [0.25, 0.3) is 10.2 Å². The number of hydrogen-bond acceptors (Lipinski definition) is 4. The molecule has 0 radical (unpaired) electrons. The predicted octanol–water partition coefficient (Wildman–Crippen LogP) is 5.06. The van der Waals surface area contributed by atoms with Crippen molar-refractivity contribution in [2.75, 3.05) is 10.6 Å². The van der Waals surface area contributed by atoms with Crippen LogP contribution in [0.2, 0.25) is 0 Å². The predicted molar refractivity (Wildman–Crippen MR) is 124 cm³/mol. The quantitative estimate of drug-likeness (QED) is 0.449. The Kier molecular flexibility index (Phi) is 5.03. The standard InChI is InChI=1S/C24H22N4O2S/c1-15-20-13-21(31-24(20)28(27-15)14-16-5-3-2-4-6-16)23(30)26-19-11-9-18(10-12-19)25-22(29)17-7-8-17/h2-6,9-13,17H,7-8,14H2,1H3,(H,25,29)(H,26,30). The molecule has 0 bridgehead atoms. The van der Waals surface area contributed by atoms with Crippen LogP contribution in [0, 0.1) is 12.8 Å². The van der Waals surface area contributed by atoms with Gasteiger partial charge in [-0.15, -0.1) is 11.3 Å². The molecular weight excluding hydrogens is 408 g/mol. The summed E-state index contributed by atoms with van der Waals surface area (Å²) in [7, 11) is 0. The molecule has 1 saturated carbocycles. The van der Waals surface area contributed by atoms with E-state index in [0.29, 0.717) is 17.1 Å². The van der Waals surface area contributed by atoms with Gasteiger partial charge < -0.3 is 10.6 Å². The second-order valence-corrected chi connectivity index (χ2v) is 8.88. The Bertz CT molecular complexity index is 1250. The third-order valence-electron chi connectivity index (χ3n) is 5.36. The Hall–Kier alpha value is -3.45. The fraction of sp³-hybridized carbons (Fsp3) is 0.208. The molecule has 1 aliphatic carbocycles. The van der Waals surface area contributed by atoms with Crippen molar-refractivity contribution < 1.29 is 9.59 Å². The average molecular weight is 431 g/mol. The molecule has 1 aliphatic rings. The van der Waals surface area contributed by atoms with Gasteiger partial charge in [-0.2, -0.15) is 5.10 Å². The largest absolute Gasteiger partial charge is 0.326 e. The summed E-state index contributed by atoms with van der Waals surface area (Å²) in [6.45, 7) is 2.63. The van der Waals surface area contributed by atoms with Crippen molar-refractivity contribution in [3.63, 3.8) is 0 Å². The summed E-state index contributed by atoms with van der Waals surface area (Å²) in [4.78, 5) is 26.3. The Labute approximate surface area is 183 Å². The molecule has 5 rings (SSSR count). The van der Waals surface area contributed by atoms with E-state index in [4.69, 9.17) is 0 Å². The molecular formula is C24H22N4O2S. The number of nitrogens with zero attached hydrogens (tertiary/aromatic N) is 2. The number of nitrogens with one attached hydrogen (secondary N) is 2. The van der Waals surface area contributed by atoms with Crippen molar-refractivity contribution >= 4 is 44.7 Å². The molecule has 0 unspecified atom stereocenters. The van der Waals surface area contributed by atoms with Gasteiger partial charge in [-0.1, -0.05) is 30.3 Å². The number of thiophene rings is 1. The molecule has 2 N–H and O–H groups in total. The summed E-state index contributed by atoms with van der Waals surface area (Å²) in [5.74, 6) is 0.0808. The molecule has 0 aliphatic heterocycles. The van der Waals surface area contributed by atoms with Crippen molar-refractivity contribution in [2.24, 2.45) is 5.92 Å². The summed E-state index contributed by atoms with van der Waals surface area (Å²) in [6, 6.07) is 19.3. The highest BCUT2D eigenvalue weighted by Gasteiger charge is 2.29. The van der Waals surface area contributed by atoms with Crippen LogP contribution in [0.15, 0.2) is 60.7 Å². The van der Waals surface area contributed by atoms with E-state index in [2.05, 4.69) is 27.9 Å². The molecule has 2 heterocycles. The van der Waals surface area contributed by atoms with E-state index in [1.54, 1.807) is 12.1 Å². The minimum Gasteiger partial charge on any atom is -0.326 e. The second kappa shape index (κ2) is 8.00.